The Hall–Kier alpha value is -2.82. The Balaban J connectivity index is 2.08. The van der Waals surface area contributed by atoms with Crippen LogP contribution in [0.2, 0.25) is 0 Å². The van der Waals surface area contributed by atoms with Crippen LogP contribution in [0.25, 0.3) is 0 Å². The average molecular weight is 340 g/mol. The summed E-state index contributed by atoms with van der Waals surface area (Å²) >= 11 is 0. The van der Waals surface area contributed by atoms with Crippen LogP contribution in [0.5, 0.6) is 11.5 Å². The lowest BCUT2D eigenvalue weighted by Gasteiger charge is -2.18. The van der Waals surface area contributed by atoms with Crippen molar-refractivity contribution in [3.05, 3.63) is 59.2 Å². The van der Waals surface area contributed by atoms with Gasteiger partial charge in [0.05, 0.1) is 20.4 Å². The fraction of sp³-hybridized carbons (Fsp3) is 0.300. The Labute approximate surface area is 148 Å². The van der Waals surface area contributed by atoms with E-state index in [0.29, 0.717) is 22.6 Å². The van der Waals surface area contributed by atoms with E-state index < -0.39 is 0 Å². The molecule has 132 valence electrons. The molecule has 0 heterocycles. The summed E-state index contributed by atoms with van der Waals surface area (Å²) in [6.07, 6.45) is 1.53. The van der Waals surface area contributed by atoms with Crippen molar-refractivity contribution in [2.24, 2.45) is 5.10 Å². The van der Waals surface area contributed by atoms with E-state index in [1.54, 1.807) is 32.4 Å². The van der Waals surface area contributed by atoms with Crippen LogP contribution in [0.15, 0.2) is 47.6 Å². The number of amides is 1. The van der Waals surface area contributed by atoms with Crippen LogP contribution in [0, 0.1) is 0 Å². The number of hydrogen-bond acceptors (Lipinski definition) is 4. The summed E-state index contributed by atoms with van der Waals surface area (Å²) < 4.78 is 10.6. The van der Waals surface area contributed by atoms with Crippen molar-refractivity contribution in [2.75, 3.05) is 14.2 Å². The molecule has 5 heteroatoms. The number of para-hydroxylation sites is 1. The summed E-state index contributed by atoms with van der Waals surface area (Å²) in [5.41, 5.74) is 5.03. The van der Waals surface area contributed by atoms with E-state index in [-0.39, 0.29) is 11.3 Å². The molecule has 0 aliphatic heterocycles. The van der Waals surface area contributed by atoms with Crippen LogP contribution >= 0.6 is 0 Å². The highest BCUT2D eigenvalue weighted by atomic mass is 16.5. The molecule has 0 fully saturated rings. The van der Waals surface area contributed by atoms with Gasteiger partial charge in [0.15, 0.2) is 11.5 Å². The molecule has 0 aliphatic rings. The first-order valence-corrected chi connectivity index (χ1v) is 8.01. The van der Waals surface area contributed by atoms with E-state index >= 15 is 0 Å². The molecule has 2 aromatic rings. The lowest BCUT2D eigenvalue weighted by atomic mass is 9.87. The predicted octanol–water partition coefficient (Wildman–Crippen LogP) is 3.77. The molecule has 0 spiro atoms. The molecule has 0 aliphatic carbocycles. The molecule has 0 radical (unpaired) electrons. The number of carbonyl (C=O) groups is 1. The van der Waals surface area contributed by atoms with E-state index in [9.17, 15) is 4.79 Å². The van der Waals surface area contributed by atoms with Gasteiger partial charge in [0, 0.05) is 11.1 Å². The Kier molecular flexibility index (Phi) is 5.80. The number of nitrogens with one attached hydrogen (secondary N) is 1. The number of methoxy groups -OCH3 is 2. The highest BCUT2D eigenvalue weighted by molar-refractivity contribution is 5.95. The van der Waals surface area contributed by atoms with E-state index in [0.717, 1.165) is 0 Å². The van der Waals surface area contributed by atoms with Crippen molar-refractivity contribution < 1.29 is 14.3 Å². The normalized spacial score (nSPS) is 11.4. The summed E-state index contributed by atoms with van der Waals surface area (Å²) in [5, 5.41) is 4.01. The minimum absolute atomic E-state index is 0.0517. The zero-order valence-electron chi connectivity index (χ0n) is 15.3. The summed E-state index contributed by atoms with van der Waals surface area (Å²) in [6.45, 7) is 6.40. The highest BCUT2D eigenvalue weighted by Gasteiger charge is 2.14. The number of carbonyl (C=O) groups excluding carboxylic acids is 1. The molecule has 0 atom stereocenters. The highest BCUT2D eigenvalue weighted by Crippen LogP contribution is 2.29. The van der Waals surface area contributed by atoms with Gasteiger partial charge in [0.1, 0.15) is 0 Å². The van der Waals surface area contributed by atoms with Crippen LogP contribution in [0.4, 0.5) is 0 Å². The van der Waals surface area contributed by atoms with Crippen LogP contribution in [0.3, 0.4) is 0 Å². The van der Waals surface area contributed by atoms with Gasteiger partial charge in [-0.2, -0.15) is 5.10 Å². The molecule has 2 rings (SSSR count). The van der Waals surface area contributed by atoms with Crippen LogP contribution in [-0.4, -0.2) is 26.3 Å². The van der Waals surface area contributed by atoms with Crippen LogP contribution < -0.4 is 14.9 Å². The van der Waals surface area contributed by atoms with Crippen molar-refractivity contribution in [1.29, 1.82) is 0 Å². The first-order chi connectivity index (χ1) is 11.9. The van der Waals surface area contributed by atoms with Crippen molar-refractivity contribution in [3.63, 3.8) is 0 Å². The van der Waals surface area contributed by atoms with Crippen LogP contribution in [-0.2, 0) is 5.41 Å². The Morgan fingerprint density at radius 1 is 1.04 bits per heavy atom. The number of nitrogens with zero attached hydrogens (tertiary/aromatic N) is 1. The third kappa shape index (κ3) is 4.59. The van der Waals surface area contributed by atoms with E-state index in [2.05, 4.69) is 31.3 Å². The summed E-state index contributed by atoms with van der Waals surface area (Å²) in [6, 6.07) is 13.0. The Morgan fingerprint density at radius 2 is 1.72 bits per heavy atom. The fourth-order valence-electron chi connectivity index (χ4n) is 2.36. The van der Waals surface area contributed by atoms with Gasteiger partial charge in [-0.05, 0) is 35.2 Å². The zero-order valence-corrected chi connectivity index (χ0v) is 15.3. The first-order valence-electron chi connectivity index (χ1n) is 8.01. The van der Waals surface area contributed by atoms with Gasteiger partial charge in [-0.25, -0.2) is 5.43 Å². The Bertz CT molecular complexity index is 760. The van der Waals surface area contributed by atoms with Gasteiger partial charge in [0.2, 0.25) is 0 Å². The van der Waals surface area contributed by atoms with Gasteiger partial charge >= 0.3 is 0 Å². The van der Waals surface area contributed by atoms with Crippen molar-refractivity contribution >= 4 is 12.1 Å². The second-order valence-electron chi connectivity index (χ2n) is 6.61. The number of hydrogen-bond donors (Lipinski definition) is 1. The minimum atomic E-state index is -0.265. The second-order valence-corrected chi connectivity index (χ2v) is 6.61. The maximum absolute atomic E-state index is 12.2. The maximum atomic E-state index is 12.2. The first kappa shape index (κ1) is 18.5. The smallest absolute Gasteiger partial charge is 0.271 e. The molecule has 0 saturated heterocycles. The standard InChI is InChI=1S/C20H24N2O3/c1-20(2,3)16-11-9-14(10-12-16)19(23)22-21-13-15-7-6-8-17(24-4)18(15)25-5/h6-13H,1-5H3,(H,22,23)/b21-13+. The molecule has 0 bridgehead atoms. The number of hydrazone groups is 1. The second kappa shape index (κ2) is 7.83. The van der Waals surface area contributed by atoms with E-state index in [4.69, 9.17) is 9.47 Å². The molecule has 0 aromatic heterocycles. The van der Waals surface area contributed by atoms with Crippen molar-refractivity contribution in [3.8, 4) is 11.5 Å². The summed E-state index contributed by atoms with van der Waals surface area (Å²) in [7, 11) is 3.13. The van der Waals surface area contributed by atoms with Gasteiger partial charge in [-0.15, -0.1) is 0 Å². The monoisotopic (exact) mass is 340 g/mol. The van der Waals surface area contributed by atoms with Gasteiger partial charge < -0.3 is 9.47 Å². The van der Waals surface area contributed by atoms with Crippen LogP contribution in [0.1, 0.15) is 42.3 Å². The quantitative estimate of drug-likeness (QED) is 0.666. The van der Waals surface area contributed by atoms with E-state index in [1.807, 2.05) is 24.3 Å². The SMILES string of the molecule is COc1cccc(/C=N/NC(=O)c2ccc(C(C)(C)C)cc2)c1OC. The number of ether oxygens (including phenoxy) is 2. The third-order valence-electron chi connectivity index (χ3n) is 3.82. The Morgan fingerprint density at radius 3 is 2.28 bits per heavy atom. The molecule has 5 nitrogen and oxygen atoms in total. The number of benzene rings is 2. The van der Waals surface area contributed by atoms with Gasteiger partial charge in [0.25, 0.3) is 5.91 Å². The van der Waals surface area contributed by atoms with Crippen molar-refractivity contribution in [1.82, 2.24) is 5.43 Å². The molecule has 1 N–H and O–H groups in total. The average Bonchev–Trinajstić information content (AvgIpc) is 2.60. The molecule has 0 unspecified atom stereocenters. The number of rotatable bonds is 5. The maximum Gasteiger partial charge on any atom is 0.271 e. The topological polar surface area (TPSA) is 59.9 Å². The zero-order chi connectivity index (χ0) is 18.4. The molecule has 2 aromatic carbocycles. The van der Waals surface area contributed by atoms with Gasteiger partial charge in [-0.1, -0.05) is 39.0 Å². The molecule has 0 saturated carbocycles. The lowest BCUT2D eigenvalue weighted by Crippen LogP contribution is -2.18. The predicted molar refractivity (Wildman–Crippen MR) is 99.7 cm³/mol. The fourth-order valence-corrected chi connectivity index (χ4v) is 2.36. The summed E-state index contributed by atoms with van der Waals surface area (Å²) in [4.78, 5) is 12.2. The third-order valence-corrected chi connectivity index (χ3v) is 3.82. The minimum Gasteiger partial charge on any atom is -0.493 e. The van der Waals surface area contributed by atoms with E-state index in [1.165, 1.54) is 11.8 Å². The van der Waals surface area contributed by atoms with Crippen molar-refractivity contribution in [2.45, 2.75) is 26.2 Å². The van der Waals surface area contributed by atoms with Gasteiger partial charge in [-0.3, -0.25) is 4.79 Å². The lowest BCUT2D eigenvalue weighted by molar-refractivity contribution is 0.0955. The largest absolute Gasteiger partial charge is 0.493 e. The molecule has 1 amide bonds. The molecule has 25 heavy (non-hydrogen) atoms. The summed E-state index contributed by atoms with van der Waals surface area (Å²) in [5.74, 6) is 0.909. The molecular weight excluding hydrogens is 316 g/mol. The molecular formula is C20H24N2O3.